The lowest BCUT2D eigenvalue weighted by molar-refractivity contribution is -0.135. The first kappa shape index (κ1) is 15.1. The molecule has 4 rings (SSSR count). The van der Waals surface area contributed by atoms with Gasteiger partial charge in [0.25, 0.3) is 0 Å². The van der Waals surface area contributed by atoms with Gasteiger partial charge in [-0.2, -0.15) is 0 Å². The Balaban J connectivity index is 1.31. The number of carbonyl (C=O) groups excluding carboxylic acids is 1. The maximum absolute atomic E-state index is 12.5. The van der Waals surface area contributed by atoms with Crippen molar-refractivity contribution in [3.8, 4) is 0 Å². The minimum absolute atomic E-state index is 0.289. The Morgan fingerprint density at radius 3 is 2.87 bits per heavy atom. The maximum atomic E-state index is 12.5. The molecule has 0 N–H and O–H groups in total. The lowest BCUT2D eigenvalue weighted by atomic mass is 9.83. The van der Waals surface area contributed by atoms with E-state index in [1.807, 2.05) is 0 Å². The number of rotatable bonds is 4. The molecular formula is C18H26N4O. The maximum Gasteiger partial charge on any atom is 0.222 e. The highest BCUT2D eigenvalue weighted by molar-refractivity contribution is 5.76. The number of likely N-dealkylation sites (tertiary alicyclic amines) is 2. The Bertz CT molecular complexity index is 545. The van der Waals surface area contributed by atoms with Gasteiger partial charge >= 0.3 is 0 Å². The highest BCUT2D eigenvalue weighted by Crippen LogP contribution is 2.38. The molecule has 0 radical (unpaired) electrons. The standard InChI is InChI=1S/C18H26N4O/c23-18(6-3-15-12-19-8-9-20-15)21-11-7-17-14(13-21)2-1-10-22(17)16-4-5-16/h8-9,12,14,16-17H,1-7,10-11,13H2/t14-,17+/m0/s1. The summed E-state index contributed by atoms with van der Waals surface area (Å²) in [7, 11) is 0. The number of piperidine rings is 2. The van der Waals surface area contributed by atoms with Crippen LogP contribution in [-0.4, -0.2) is 57.4 Å². The minimum Gasteiger partial charge on any atom is -0.342 e. The van der Waals surface area contributed by atoms with Crippen molar-refractivity contribution in [1.29, 1.82) is 0 Å². The van der Waals surface area contributed by atoms with Crippen LogP contribution in [0, 0.1) is 5.92 Å². The van der Waals surface area contributed by atoms with Gasteiger partial charge < -0.3 is 4.90 Å². The summed E-state index contributed by atoms with van der Waals surface area (Å²) in [5.74, 6) is 0.983. The van der Waals surface area contributed by atoms with Crippen LogP contribution in [0.15, 0.2) is 18.6 Å². The Kier molecular flexibility index (Phi) is 4.29. The summed E-state index contributed by atoms with van der Waals surface area (Å²) in [6.07, 6.45) is 12.9. The van der Waals surface area contributed by atoms with Gasteiger partial charge in [0.05, 0.1) is 5.69 Å². The van der Waals surface area contributed by atoms with Crippen LogP contribution in [0.5, 0.6) is 0 Å². The number of hydrogen-bond acceptors (Lipinski definition) is 4. The number of fused-ring (bicyclic) bond motifs is 1. The summed E-state index contributed by atoms with van der Waals surface area (Å²) < 4.78 is 0. The molecule has 3 fully saturated rings. The second-order valence-corrected chi connectivity index (χ2v) is 7.26. The van der Waals surface area contributed by atoms with Gasteiger partial charge in [-0.3, -0.25) is 19.7 Å². The van der Waals surface area contributed by atoms with Crippen LogP contribution in [0.2, 0.25) is 0 Å². The summed E-state index contributed by atoms with van der Waals surface area (Å²) in [6, 6.07) is 1.60. The Labute approximate surface area is 138 Å². The minimum atomic E-state index is 0.289. The average molecular weight is 314 g/mol. The van der Waals surface area contributed by atoms with E-state index in [9.17, 15) is 4.79 Å². The molecular weight excluding hydrogens is 288 g/mol. The van der Waals surface area contributed by atoms with Crippen molar-refractivity contribution in [3.05, 3.63) is 24.3 Å². The zero-order chi connectivity index (χ0) is 15.6. The molecule has 3 heterocycles. The zero-order valence-corrected chi connectivity index (χ0v) is 13.7. The van der Waals surface area contributed by atoms with E-state index in [1.165, 1.54) is 32.2 Å². The number of aromatic nitrogens is 2. The van der Waals surface area contributed by atoms with Gasteiger partial charge in [0.1, 0.15) is 0 Å². The molecule has 5 nitrogen and oxygen atoms in total. The monoisotopic (exact) mass is 314 g/mol. The fourth-order valence-electron chi connectivity index (χ4n) is 4.38. The van der Waals surface area contributed by atoms with Crippen LogP contribution in [0.3, 0.4) is 0 Å². The van der Waals surface area contributed by atoms with Gasteiger partial charge in [-0.05, 0) is 51.0 Å². The van der Waals surface area contributed by atoms with Crippen LogP contribution in [0.25, 0.3) is 0 Å². The van der Waals surface area contributed by atoms with Gasteiger partial charge in [0.15, 0.2) is 0 Å². The molecule has 2 saturated heterocycles. The predicted octanol–water partition coefficient (Wildman–Crippen LogP) is 1.88. The second-order valence-electron chi connectivity index (χ2n) is 7.26. The summed E-state index contributed by atoms with van der Waals surface area (Å²) in [4.78, 5) is 25.7. The van der Waals surface area contributed by atoms with E-state index in [1.54, 1.807) is 18.6 Å². The van der Waals surface area contributed by atoms with E-state index < -0.39 is 0 Å². The number of carbonyl (C=O) groups is 1. The van der Waals surface area contributed by atoms with E-state index >= 15 is 0 Å². The van der Waals surface area contributed by atoms with Crippen molar-refractivity contribution in [2.24, 2.45) is 5.92 Å². The first-order valence-corrected chi connectivity index (χ1v) is 9.09. The molecule has 1 aromatic heterocycles. The zero-order valence-electron chi connectivity index (χ0n) is 13.7. The third kappa shape index (κ3) is 3.39. The lowest BCUT2D eigenvalue weighted by Gasteiger charge is -2.47. The van der Waals surface area contributed by atoms with E-state index in [0.29, 0.717) is 18.8 Å². The quantitative estimate of drug-likeness (QED) is 0.851. The van der Waals surface area contributed by atoms with Crippen LogP contribution in [-0.2, 0) is 11.2 Å². The molecule has 3 aliphatic rings. The van der Waals surface area contributed by atoms with Gasteiger partial charge in [0, 0.05) is 50.2 Å². The first-order chi connectivity index (χ1) is 11.3. The number of amides is 1. The SMILES string of the molecule is O=C(CCc1cnccn1)N1CC[C@@H]2[C@@H](CCCN2C2CC2)C1. The summed E-state index contributed by atoms with van der Waals surface area (Å²) in [5, 5.41) is 0. The molecule has 2 aliphatic heterocycles. The van der Waals surface area contributed by atoms with Crippen molar-refractivity contribution >= 4 is 5.91 Å². The lowest BCUT2D eigenvalue weighted by Crippen LogP contribution is -2.55. The van der Waals surface area contributed by atoms with E-state index in [-0.39, 0.29) is 5.91 Å². The molecule has 5 heteroatoms. The van der Waals surface area contributed by atoms with Crippen molar-refractivity contribution in [1.82, 2.24) is 19.8 Å². The molecule has 0 spiro atoms. The van der Waals surface area contributed by atoms with Crippen LogP contribution in [0.1, 0.15) is 44.2 Å². The molecule has 0 bridgehead atoms. The Morgan fingerprint density at radius 2 is 2.09 bits per heavy atom. The molecule has 1 amide bonds. The number of hydrogen-bond donors (Lipinski definition) is 0. The normalized spacial score (nSPS) is 28.4. The highest BCUT2D eigenvalue weighted by atomic mass is 16.2. The second kappa shape index (κ2) is 6.56. The van der Waals surface area contributed by atoms with Crippen molar-refractivity contribution in [3.63, 3.8) is 0 Å². The van der Waals surface area contributed by atoms with Crippen molar-refractivity contribution < 1.29 is 4.79 Å². The van der Waals surface area contributed by atoms with E-state index in [4.69, 9.17) is 0 Å². The molecule has 1 saturated carbocycles. The Morgan fingerprint density at radius 1 is 1.17 bits per heavy atom. The molecule has 1 aliphatic carbocycles. The summed E-state index contributed by atoms with van der Waals surface area (Å²) in [6.45, 7) is 3.18. The van der Waals surface area contributed by atoms with Gasteiger partial charge in [-0.15, -0.1) is 0 Å². The Hall–Kier alpha value is -1.49. The molecule has 23 heavy (non-hydrogen) atoms. The van der Waals surface area contributed by atoms with Crippen molar-refractivity contribution in [2.45, 2.75) is 57.0 Å². The van der Waals surface area contributed by atoms with E-state index in [0.717, 1.165) is 37.3 Å². The number of aryl methyl sites for hydroxylation is 1. The third-order valence-electron chi connectivity index (χ3n) is 5.69. The first-order valence-electron chi connectivity index (χ1n) is 9.09. The molecule has 124 valence electrons. The largest absolute Gasteiger partial charge is 0.342 e. The van der Waals surface area contributed by atoms with Crippen LogP contribution < -0.4 is 0 Å². The molecule has 0 unspecified atom stereocenters. The molecule has 0 aromatic carbocycles. The summed E-state index contributed by atoms with van der Waals surface area (Å²) >= 11 is 0. The van der Waals surface area contributed by atoms with Crippen molar-refractivity contribution in [2.75, 3.05) is 19.6 Å². The molecule has 1 aromatic rings. The van der Waals surface area contributed by atoms with Crippen LogP contribution in [0.4, 0.5) is 0 Å². The smallest absolute Gasteiger partial charge is 0.222 e. The highest BCUT2D eigenvalue weighted by Gasteiger charge is 2.42. The van der Waals surface area contributed by atoms with Crippen LogP contribution >= 0.6 is 0 Å². The van der Waals surface area contributed by atoms with Gasteiger partial charge in [0.2, 0.25) is 5.91 Å². The summed E-state index contributed by atoms with van der Waals surface area (Å²) in [5.41, 5.74) is 0.910. The third-order valence-corrected chi connectivity index (χ3v) is 5.69. The predicted molar refractivity (Wildman–Crippen MR) is 87.8 cm³/mol. The topological polar surface area (TPSA) is 49.3 Å². The van der Waals surface area contributed by atoms with E-state index in [2.05, 4.69) is 19.8 Å². The fraction of sp³-hybridized carbons (Fsp3) is 0.722. The van der Waals surface area contributed by atoms with Gasteiger partial charge in [-0.1, -0.05) is 0 Å². The average Bonchev–Trinajstić information content (AvgIpc) is 3.44. The number of nitrogens with zero attached hydrogens (tertiary/aromatic N) is 4. The molecule has 2 atom stereocenters. The fourth-order valence-corrected chi connectivity index (χ4v) is 4.38. The van der Waals surface area contributed by atoms with Gasteiger partial charge in [-0.25, -0.2) is 0 Å².